The highest BCUT2D eigenvalue weighted by molar-refractivity contribution is 5.94. The van der Waals surface area contributed by atoms with Crippen molar-refractivity contribution in [2.75, 3.05) is 0 Å². The van der Waals surface area contributed by atoms with Crippen LogP contribution in [0.1, 0.15) is 30.9 Å². The van der Waals surface area contributed by atoms with Gasteiger partial charge in [0.15, 0.2) is 0 Å². The normalized spacial score (nSPS) is 14.6. The van der Waals surface area contributed by atoms with Gasteiger partial charge in [-0.2, -0.15) is 0 Å². The molecular weight excluding hydrogens is 522 g/mol. The van der Waals surface area contributed by atoms with Crippen LogP contribution in [0.2, 0.25) is 0 Å². The van der Waals surface area contributed by atoms with Crippen molar-refractivity contribution in [3.63, 3.8) is 0 Å². The Bertz CT molecular complexity index is 1170. The van der Waals surface area contributed by atoms with Gasteiger partial charge in [0.2, 0.25) is 23.6 Å². The Labute approximate surface area is 230 Å². The molecule has 13 nitrogen and oxygen atoms in total. The van der Waals surface area contributed by atoms with Gasteiger partial charge in [-0.25, -0.2) is 4.79 Å². The SMILES string of the molecule is CC(O)C(N)C(=O)NC(CCC(N)=O)C(=O)NC(Cc1ccc(O)cc1)C(=O)NC(Cc1ccccc1)C(=O)O. The van der Waals surface area contributed by atoms with Gasteiger partial charge in [-0.05, 0) is 36.6 Å². The largest absolute Gasteiger partial charge is 0.508 e. The highest BCUT2D eigenvalue weighted by Crippen LogP contribution is 2.13. The molecule has 0 aromatic heterocycles. The molecule has 216 valence electrons. The number of aliphatic hydroxyl groups is 1. The van der Waals surface area contributed by atoms with E-state index < -0.39 is 59.9 Å². The van der Waals surface area contributed by atoms with E-state index in [-0.39, 0.29) is 31.4 Å². The summed E-state index contributed by atoms with van der Waals surface area (Å²) in [5.41, 5.74) is 12.0. The minimum absolute atomic E-state index is 0.0175. The molecule has 0 radical (unpaired) electrons. The number of nitrogens with one attached hydrogen (secondary N) is 3. The molecule has 0 saturated carbocycles. The smallest absolute Gasteiger partial charge is 0.326 e. The summed E-state index contributed by atoms with van der Waals surface area (Å²) in [5.74, 6) is -4.59. The standard InChI is InChI=1S/C27H35N5O8/c1-15(33)23(29)26(38)30-19(11-12-22(28)35)24(36)31-20(13-17-7-9-18(34)10-8-17)25(37)32-21(27(39)40)14-16-5-3-2-4-6-16/h2-10,15,19-21,23,33-34H,11-14,29H2,1H3,(H2,28,35)(H,30,38)(H,31,36)(H,32,37)(H,39,40). The molecule has 2 aromatic rings. The summed E-state index contributed by atoms with van der Waals surface area (Å²) in [6.45, 7) is 1.29. The van der Waals surface area contributed by atoms with Gasteiger partial charge in [0.1, 0.15) is 29.9 Å². The second-order valence-electron chi connectivity index (χ2n) is 9.35. The summed E-state index contributed by atoms with van der Waals surface area (Å²) in [5, 5.41) is 36.2. The maximum atomic E-state index is 13.3. The second-order valence-corrected chi connectivity index (χ2v) is 9.35. The Kier molecular flexibility index (Phi) is 12.0. The molecule has 13 heteroatoms. The highest BCUT2D eigenvalue weighted by Gasteiger charge is 2.31. The number of carboxylic acids is 1. The predicted octanol–water partition coefficient (Wildman–Crippen LogP) is -1.31. The number of carboxylic acid groups (broad SMARTS) is 1. The maximum absolute atomic E-state index is 13.3. The van der Waals surface area contributed by atoms with Gasteiger partial charge in [0.05, 0.1) is 6.10 Å². The van der Waals surface area contributed by atoms with Crippen LogP contribution in [0.5, 0.6) is 5.75 Å². The number of aliphatic hydroxyl groups excluding tert-OH is 1. The molecular formula is C27H35N5O8. The van der Waals surface area contributed by atoms with E-state index in [0.717, 1.165) is 0 Å². The number of carbonyl (C=O) groups is 5. The van der Waals surface area contributed by atoms with Crippen LogP contribution in [0.3, 0.4) is 0 Å². The minimum atomic E-state index is -1.37. The van der Waals surface area contributed by atoms with Gasteiger partial charge in [0.25, 0.3) is 0 Å². The number of hydrogen-bond donors (Lipinski definition) is 8. The van der Waals surface area contributed by atoms with Crippen LogP contribution in [0.25, 0.3) is 0 Å². The summed E-state index contributed by atoms with van der Waals surface area (Å²) < 4.78 is 0. The number of carbonyl (C=O) groups excluding carboxylic acids is 4. The van der Waals surface area contributed by atoms with E-state index in [1.165, 1.54) is 31.2 Å². The molecule has 0 bridgehead atoms. The first-order valence-electron chi connectivity index (χ1n) is 12.5. The average Bonchev–Trinajstić information content (AvgIpc) is 2.91. The molecule has 0 fully saturated rings. The molecule has 0 saturated heterocycles. The first-order valence-corrected chi connectivity index (χ1v) is 12.5. The van der Waals surface area contributed by atoms with E-state index >= 15 is 0 Å². The van der Waals surface area contributed by atoms with Gasteiger partial charge in [-0.15, -0.1) is 0 Å². The molecule has 0 aliphatic carbocycles. The lowest BCUT2D eigenvalue weighted by atomic mass is 10.0. The van der Waals surface area contributed by atoms with E-state index in [0.29, 0.717) is 11.1 Å². The Morgan fingerprint density at radius 2 is 1.27 bits per heavy atom. The third kappa shape index (κ3) is 10.3. The number of aromatic hydroxyl groups is 1. The Morgan fingerprint density at radius 3 is 1.82 bits per heavy atom. The zero-order valence-corrected chi connectivity index (χ0v) is 21.9. The van der Waals surface area contributed by atoms with Gasteiger partial charge in [-0.3, -0.25) is 19.2 Å². The van der Waals surface area contributed by atoms with Crippen molar-refractivity contribution in [3.8, 4) is 5.75 Å². The zero-order chi connectivity index (χ0) is 29.8. The van der Waals surface area contributed by atoms with Gasteiger partial charge in [-0.1, -0.05) is 42.5 Å². The number of phenolic OH excluding ortho intramolecular Hbond substituents is 1. The van der Waals surface area contributed by atoms with Gasteiger partial charge >= 0.3 is 5.97 Å². The summed E-state index contributed by atoms with van der Waals surface area (Å²) in [7, 11) is 0. The number of benzene rings is 2. The molecule has 0 aliphatic rings. The number of amides is 4. The molecule has 5 unspecified atom stereocenters. The van der Waals surface area contributed by atoms with Crippen LogP contribution in [0.15, 0.2) is 54.6 Å². The topological polar surface area (TPSA) is 234 Å². The van der Waals surface area contributed by atoms with Crippen LogP contribution in [0.4, 0.5) is 0 Å². The lowest BCUT2D eigenvalue weighted by molar-refractivity contribution is -0.142. The van der Waals surface area contributed by atoms with Crippen LogP contribution in [0, 0.1) is 0 Å². The number of phenols is 1. The minimum Gasteiger partial charge on any atom is -0.508 e. The second kappa shape index (κ2) is 15.2. The van der Waals surface area contributed by atoms with Crippen LogP contribution < -0.4 is 27.4 Å². The molecule has 5 atom stereocenters. The quantitative estimate of drug-likeness (QED) is 0.130. The number of primary amides is 1. The van der Waals surface area contributed by atoms with Crippen molar-refractivity contribution in [1.82, 2.24) is 16.0 Å². The Hall–Kier alpha value is -4.49. The number of hydrogen-bond acceptors (Lipinski definition) is 8. The number of aliphatic carboxylic acids is 1. The molecule has 4 amide bonds. The van der Waals surface area contributed by atoms with E-state index in [2.05, 4.69) is 16.0 Å². The van der Waals surface area contributed by atoms with Gasteiger partial charge < -0.3 is 42.7 Å². The number of nitrogens with two attached hydrogens (primary N) is 2. The maximum Gasteiger partial charge on any atom is 0.326 e. The van der Waals surface area contributed by atoms with Crippen molar-refractivity contribution in [3.05, 3.63) is 65.7 Å². The van der Waals surface area contributed by atoms with Crippen molar-refractivity contribution in [2.45, 2.75) is 62.9 Å². The fraction of sp³-hybridized carbons (Fsp3) is 0.370. The van der Waals surface area contributed by atoms with Crippen molar-refractivity contribution < 1.29 is 39.3 Å². The zero-order valence-electron chi connectivity index (χ0n) is 21.9. The summed E-state index contributed by atoms with van der Waals surface area (Å²) >= 11 is 0. The number of rotatable bonds is 15. The lowest BCUT2D eigenvalue weighted by Gasteiger charge is -2.25. The lowest BCUT2D eigenvalue weighted by Crippen LogP contribution is -2.58. The van der Waals surface area contributed by atoms with Crippen LogP contribution in [-0.4, -0.2) is 75.2 Å². The summed E-state index contributed by atoms with van der Waals surface area (Å²) in [6, 6.07) is 9.12. The molecule has 0 heterocycles. The fourth-order valence-corrected chi connectivity index (χ4v) is 3.71. The van der Waals surface area contributed by atoms with Gasteiger partial charge in [0, 0.05) is 19.3 Å². The first kappa shape index (κ1) is 31.7. The van der Waals surface area contributed by atoms with E-state index in [1.807, 2.05) is 0 Å². The van der Waals surface area contributed by atoms with Crippen molar-refractivity contribution in [2.24, 2.45) is 11.5 Å². The molecule has 2 aromatic carbocycles. The molecule has 0 aliphatic heterocycles. The highest BCUT2D eigenvalue weighted by atomic mass is 16.4. The van der Waals surface area contributed by atoms with E-state index in [1.54, 1.807) is 30.3 Å². The van der Waals surface area contributed by atoms with E-state index in [9.17, 15) is 39.3 Å². The van der Waals surface area contributed by atoms with Crippen molar-refractivity contribution >= 4 is 29.6 Å². The van der Waals surface area contributed by atoms with E-state index in [4.69, 9.17) is 11.5 Å². The van der Waals surface area contributed by atoms with Crippen LogP contribution >= 0.6 is 0 Å². The molecule has 10 N–H and O–H groups in total. The third-order valence-electron chi connectivity index (χ3n) is 6.04. The Morgan fingerprint density at radius 1 is 0.775 bits per heavy atom. The third-order valence-corrected chi connectivity index (χ3v) is 6.04. The summed E-state index contributed by atoms with van der Waals surface area (Å²) in [6.07, 6.45) is -1.85. The molecule has 0 spiro atoms. The molecule has 2 rings (SSSR count). The van der Waals surface area contributed by atoms with Crippen molar-refractivity contribution in [1.29, 1.82) is 0 Å². The molecule has 40 heavy (non-hydrogen) atoms. The Balaban J connectivity index is 2.29. The average molecular weight is 558 g/mol. The summed E-state index contributed by atoms with van der Waals surface area (Å²) in [4.78, 5) is 62.3. The monoisotopic (exact) mass is 557 g/mol. The predicted molar refractivity (Wildman–Crippen MR) is 143 cm³/mol. The first-order chi connectivity index (χ1) is 18.9. The fourth-order valence-electron chi connectivity index (χ4n) is 3.71. The van der Waals surface area contributed by atoms with Crippen LogP contribution in [-0.2, 0) is 36.8 Å².